The second-order valence-corrected chi connectivity index (χ2v) is 6.63. The molecule has 1 aliphatic rings. The highest BCUT2D eigenvalue weighted by molar-refractivity contribution is 5.59. The minimum atomic E-state index is -2.32. The van der Waals surface area contributed by atoms with Crippen LogP contribution in [-0.2, 0) is 6.54 Å². The highest BCUT2D eigenvalue weighted by Crippen LogP contribution is 2.27. The number of pyridine rings is 1. The van der Waals surface area contributed by atoms with Crippen LogP contribution in [-0.4, -0.2) is 43.6 Å². The van der Waals surface area contributed by atoms with Gasteiger partial charge in [-0.1, -0.05) is 0 Å². The summed E-state index contributed by atoms with van der Waals surface area (Å²) in [7, 11) is 1.49. The van der Waals surface area contributed by atoms with Crippen LogP contribution in [0.15, 0.2) is 52.7 Å². The summed E-state index contributed by atoms with van der Waals surface area (Å²) in [5.74, 6) is -0.670. The first-order valence-corrected chi connectivity index (χ1v) is 8.96. The number of fused-ring (bicyclic) bond motifs is 1. The molecule has 2 atom stereocenters. The molecule has 8 nitrogen and oxygen atoms in total. The van der Waals surface area contributed by atoms with Crippen molar-refractivity contribution in [2.45, 2.75) is 25.8 Å². The van der Waals surface area contributed by atoms with Gasteiger partial charge in [0.25, 0.3) is 0 Å². The van der Waals surface area contributed by atoms with E-state index in [9.17, 15) is 18.0 Å². The van der Waals surface area contributed by atoms with Crippen LogP contribution in [0.5, 0.6) is 5.88 Å². The van der Waals surface area contributed by atoms with Crippen molar-refractivity contribution in [1.29, 1.82) is 0 Å². The number of anilines is 2. The molecule has 0 aliphatic heterocycles. The van der Waals surface area contributed by atoms with Gasteiger partial charge < -0.3 is 10.1 Å². The minimum Gasteiger partial charge on any atom is -0.481 e. The number of hydrogen-bond acceptors (Lipinski definition) is 6. The Morgan fingerprint density at radius 2 is 2.03 bits per heavy atom. The summed E-state index contributed by atoms with van der Waals surface area (Å²) in [5, 5.41) is 6.94. The Bertz CT molecular complexity index is 1230. The van der Waals surface area contributed by atoms with Gasteiger partial charge in [0.05, 0.1) is 31.2 Å². The fraction of sp³-hybridized carbons (Fsp3) is 0.263. The molecule has 1 N–H and O–H groups in total. The summed E-state index contributed by atoms with van der Waals surface area (Å²) in [6.45, 7) is 1.66. The summed E-state index contributed by atoms with van der Waals surface area (Å²) < 4.78 is 48.7. The minimum absolute atomic E-state index is 0.0754. The van der Waals surface area contributed by atoms with E-state index in [1.165, 1.54) is 17.9 Å². The molecule has 0 spiro atoms. The molecule has 4 rings (SSSR count). The van der Waals surface area contributed by atoms with Crippen LogP contribution in [0.1, 0.15) is 5.69 Å². The zero-order valence-corrected chi connectivity index (χ0v) is 16.0. The van der Waals surface area contributed by atoms with Crippen molar-refractivity contribution in [3.63, 3.8) is 0 Å². The van der Waals surface area contributed by atoms with Crippen molar-refractivity contribution in [3.8, 4) is 5.88 Å². The first-order chi connectivity index (χ1) is 14.4. The van der Waals surface area contributed by atoms with Crippen molar-refractivity contribution >= 4 is 17.3 Å². The fourth-order valence-corrected chi connectivity index (χ4v) is 3.14. The van der Waals surface area contributed by atoms with Gasteiger partial charge in [-0.3, -0.25) is 4.57 Å². The third kappa shape index (κ3) is 3.53. The van der Waals surface area contributed by atoms with E-state index >= 15 is 0 Å². The molecule has 2 unspecified atom stereocenters. The molecule has 3 aromatic heterocycles. The zero-order valence-electron chi connectivity index (χ0n) is 16.0. The quantitative estimate of drug-likeness (QED) is 0.686. The molecule has 3 heterocycles. The molecule has 0 saturated heterocycles. The standard InChI is InChI=1S/C19H17F3N6O2/c1-10-14(3-4-15(24-10)30-2)25-18-26-19(29)28-16(5-6-23-28)27(18)9-11-7-12(20)17(22)13(21)8-11/h3-8,12,17H,9H2,1-2H3,(H,25,26,29). The van der Waals surface area contributed by atoms with Crippen LogP contribution in [0.2, 0.25) is 0 Å². The number of rotatable bonds is 5. The summed E-state index contributed by atoms with van der Waals surface area (Å²) in [6.07, 6.45) is -1.07. The summed E-state index contributed by atoms with van der Waals surface area (Å²) in [4.78, 5) is 20.6. The van der Waals surface area contributed by atoms with E-state index in [2.05, 4.69) is 20.4 Å². The maximum atomic E-state index is 13.8. The smallest absolute Gasteiger partial charge is 0.373 e. The fourth-order valence-electron chi connectivity index (χ4n) is 3.14. The lowest BCUT2D eigenvalue weighted by molar-refractivity contribution is 0.205. The Morgan fingerprint density at radius 1 is 1.23 bits per heavy atom. The molecular formula is C19H17F3N6O2. The molecule has 3 aromatic rings. The molecule has 30 heavy (non-hydrogen) atoms. The second-order valence-electron chi connectivity index (χ2n) is 6.63. The van der Waals surface area contributed by atoms with Gasteiger partial charge in [0.15, 0.2) is 12.3 Å². The number of halogens is 3. The number of ether oxygens (including phenoxy) is 1. The molecule has 0 bridgehead atoms. The average Bonchev–Trinajstić information content (AvgIpc) is 3.21. The van der Waals surface area contributed by atoms with Gasteiger partial charge in [-0.25, -0.2) is 22.9 Å². The van der Waals surface area contributed by atoms with Crippen LogP contribution in [0.4, 0.5) is 24.8 Å². The van der Waals surface area contributed by atoms with E-state index < -0.39 is 23.9 Å². The predicted molar refractivity (Wildman–Crippen MR) is 103 cm³/mol. The number of allylic oxidation sites excluding steroid dienone is 4. The Hall–Kier alpha value is -3.63. The highest BCUT2D eigenvalue weighted by Gasteiger charge is 2.28. The third-order valence-electron chi connectivity index (χ3n) is 4.63. The maximum absolute atomic E-state index is 13.8. The summed E-state index contributed by atoms with van der Waals surface area (Å²) in [5.41, 5.74) is 1.01. The highest BCUT2D eigenvalue weighted by atomic mass is 19.2. The molecule has 0 saturated carbocycles. The van der Waals surface area contributed by atoms with E-state index in [1.54, 1.807) is 25.1 Å². The zero-order chi connectivity index (χ0) is 21.4. The van der Waals surface area contributed by atoms with E-state index in [0.717, 1.165) is 16.7 Å². The van der Waals surface area contributed by atoms with E-state index in [0.29, 0.717) is 22.9 Å². The molecule has 1 aliphatic carbocycles. The Kier molecular flexibility index (Phi) is 5.02. The Balaban J connectivity index is 1.79. The van der Waals surface area contributed by atoms with E-state index in [-0.39, 0.29) is 18.1 Å². The summed E-state index contributed by atoms with van der Waals surface area (Å²) >= 11 is 0. The number of alkyl halides is 2. The van der Waals surface area contributed by atoms with Crippen LogP contribution in [0, 0.1) is 6.92 Å². The van der Waals surface area contributed by atoms with E-state index in [4.69, 9.17) is 4.74 Å². The van der Waals surface area contributed by atoms with Gasteiger partial charge in [0.1, 0.15) is 11.5 Å². The molecule has 156 valence electrons. The molecule has 0 amide bonds. The number of aromatic nitrogens is 5. The SMILES string of the molecule is COc1ccc(Nc2nc(=O)n3nccc3n2CC2=CC(F)C(F)C(F)=C2)c(C)n1. The number of nitrogens with zero attached hydrogens (tertiary/aromatic N) is 5. The second kappa shape index (κ2) is 7.65. The molecule has 0 aromatic carbocycles. The lowest BCUT2D eigenvalue weighted by atomic mass is 10.0. The number of aryl methyl sites for hydroxylation is 1. The molecule has 0 radical (unpaired) electrons. The Morgan fingerprint density at radius 3 is 2.73 bits per heavy atom. The van der Waals surface area contributed by atoms with Crippen molar-refractivity contribution in [3.05, 3.63) is 64.1 Å². The maximum Gasteiger partial charge on any atom is 0.373 e. The van der Waals surface area contributed by atoms with Gasteiger partial charge in [-0.05, 0) is 30.7 Å². The van der Waals surface area contributed by atoms with Crippen molar-refractivity contribution in [2.24, 2.45) is 0 Å². The molecular weight excluding hydrogens is 401 g/mol. The number of methoxy groups -OCH3 is 1. The van der Waals surface area contributed by atoms with Crippen molar-refractivity contribution in [1.82, 2.24) is 24.1 Å². The van der Waals surface area contributed by atoms with Gasteiger partial charge in [-0.2, -0.15) is 14.6 Å². The predicted octanol–water partition coefficient (Wildman–Crippen LogP) is 2.82. The number of hydrogen-bond donors (Lipinski definition) is 1. The largest absolute Gasteiger partial charge is 0.481 e. The molecule has 11 heteroatoms. The van der Waals surface area contributed by atoms with Crippen molar-refractivity contribution < 1.29 is 17.9 Å². The summed E-state index contributed by atoms with van der Waals surface area (Å²) in [6, 6.07) is 4.89. The topological polar surface area (TPSA) is 86.3 Å². The van der Waals surface area contributed by atoms with Crippen LogP contribution in [0.3, 0.4) is 0 Å². The monoisotopic (exact) mass is 418 g/mol. The lowest BCUT2D eigenvalue weighted by Crippen LogP contribution is -2.26. The first-order valence-electron chi connectivity index (χ1n) is 8.96. The van der Waals surface area contributed by atoms with E-state index in [1.807, 2.05) is 0 Å². The van der Waals surface area contributed by atoms with Crippen molar-refractivity contribution in [2.75, 3.05) is 12.4 Å². The third-order valence-corrected chi connectivity index (χ3v) is 4.63. The van der Waals surface area contributed by atoms with Crippen LogP contribution in [0.25, 0.3) is 5.65 Å². The van der Waals surface area contributed by atoms with Gasteiger partial charge in [-0.15, -0.1) is 0 Å². The Labute approximate surface area is 168 Å². The average molecular weight is 418 g/mol. The van der Waals surface area contributed by atoms with Gasteiger partial charge in [0.2, 0.25) is 11.8 Å². The number of nitrogens with one attached hydrogen (secondary N) is 1. The van der Waals surface area contributed by atoms with Crippen LogP contribution >= 0.6 is 0 Å². The van der Waals surface area contributed by atoms with Gasteiger partial charge >= 0.3 is 5.69 Å². The van der Waals surface area contributed by atoms with Crippen LogP contribution < -0.4 is 15.7 Å². The lowest BCUT2D eigenvalue weighted by Gasteiger charge is -2.20. The normalized spacial score (nSPS) is 18.8. The van der Waals surface area contributed by atoms with Gasteiger partial charge in [0, 0.05) is 12.1 Å². The first kappa shape index (κ1) is 19.7. The molecule has 0 fully saturated rings.